The summed E-state index contributed by atoms with van der Waals surface area (Å²) in [6.45, 7) is -0.392. The lowest BCUT2D eigenvalue weighted by Crippen LogP contribution is -2.11. The van der Waals surface area contributed by atoms with Crippen molar-refractivity contribution in [2.75, 3.05) is 0 Å². The van der Waals surface area contributed by atoms with E-state index in [0.29, 0.717) is 0 Å². The van der Waals surface area contributed by atoms with Crippen LogP contribution in [0.25, 0.3) is 0 Å². The van der Waals surface area contributed by atoms with Crippen LogP contribution in [0.3, 0.4) is 0 Å². The molecule has 0 bridgehead atoms. The van der Waals surface area contributed by atoms with E-state index in [-0.39, 0.29) is 5.59 Å². The fraction of sp³-hybridized carbons (Fsp3) is 0.400. The summed E-state index contributed by atoms with van der Waals surface area (Å²) in [5.74, 6) is 0. The Balaban J connectivity index is 2.58. The lowest BCUT2D eigenvalue weighted by atomic mass is 10.1. The van der Waals surface area contributed by atoms with Crippen molar-refractivity contribution in [1.82, 2.24) is 9.78 Å². The van der Waals surface area contributed by atoms with Crippen molar-refractivity contribution in [2.24, 2.45) is 0 Å². The van der Waals surface area contributed by atoms with Crippen molar-refractivity contribution < 1.29 is 8.78 Å². The van der Waals surface area contributed by atoms with Gasteiger partial charge in [-0.05, 0) is 6.07 Å². The highest BCUT2D eigenvalue weighted by Gasteiger charge is 2.02. The van der Waals surface area contributed by atoms with Gasteiger partial charge in [0, 0.05) is 11.8 Å². The van der Waals surface area contributed by atoms with Crippen LogP contribution >= 0.6 is 0 Å². The SMILES string of the molecule is [B]c1ccn(CC(F)F)n1. The zero-order valence-corrected chi connectivity index (χ0v) is 5.17. The standard InChI is InChI=1S/C5H5BF2N2/c6-4-1-2-10(9-4)3-5(7)8/h1-2,5H,3H2. The van der Waals surface area contributed by atoms with Crippen LogP contribution in [0.1, 0.15) is 0 Å². The Bertz CT molecular complexity index is 211. The number of nitrogens with zero attached hydrogens (tertiary/aromatic N) is 2. The van der Waals surface area contributed by atoms with E-state index in [2.05, 4.69) is 5.10 Å². The van der Waals surface area contributed by atoms with Gasteiger partial charge in [-0.15, -0.1) is 0 Å². The number of halogens is 2. The zero-order chi connectivity index (χ0) is 7.56. The van der Waals surface area contributed by atoms with Gasteiger partial charge in [0.25, 0.3) is 6.43 Å². The predicted molar refractivity (Wildman–Crippen MR) is 33.6 cm³/mol. The normalized spacial score (nSPS) is 10.7. The fourth-order valence-corrected chi connectivity index (χ4v) is 0.620. The quantitative estimate of drug-likeness (QED) is 0.529. The van der Waals surface area contributed by atoms with Crippen LogP contribution in [0.2, 0.25) is 0 Å². The Morgan fingerprint density at radius 2 is 2.40 bits per heavy atom. The summed E-state index contributed by atoms with van der Waals surface area (Å²) in [7, 11) is 5.18. The molecule has 2 nitrogen and oxygen atoms in total. The van der Waals surface area contributed by atoms with Gasteiger partial charge in [0.2, 0.25) is 0 Å². The second kappa shape index (κ2) is 2.81. The minimum Gasteiger partial charge on any atom is -0.268 e. The molecule has 0 aliphatic heterocycles. The summed E-state index contributed by atoms with van der Waals surface area (Å²) in [6, 6.07) is 1.47. The molecule has 52 valence electrons. The molecule has 0 atom stereocenters. The smallest absolute Gasteiger partial charge is 0.257 e. The predicted octanol–water partition coefficient (Wildman–Crippen LogP) is -0.0580. The topological polar surface area (TPSA) is 17.8 Å². The molecule has 1 rings (SSSR count). The molecule has 10 heavy (non-hydrogen) atoms. The highest BCUT2D eigenvalue weighted by atomic mass is 19.3. The van der Waals surface area contributed by atoms with E-state index < -0.39 is 13.0 Å². The summed E-state index contributed by atoms with van der Waals surface area (Å²) in [6.07, 6.45) is -0.957. The minimum absolute atomic E-state index is 0.264. The van der Waals surface area contributed by atoms with Gasteiger partial charge < -0.3 is 0 Å². The van der Waals surface area contributed by atoms with Crippen LogP contribution in [0.5, 0.6) is 0 Å². The molecule has 0 fully saturated rings. The summed E-state index contributed by atoms with van der Waals surface area (Å²) >= 11 is 0. The summed E-state index contributed by atoms with van der Waals surface area (Å²) in [5, 5.41) is 3.57. The molecule has 1 heterocycles. The molecule has 0 spiro atoms. The third-order valence-corrected chi connectivity index (χ3v) is 0.986. The maximum atomic E-state index is 11.6. The van der Waals surface area contributed by atoms with Gasteiger partial charge in [0.15, 0.2) is 0 Å². The summed E-state index contributed by atoms with van der Waals surface area (Å²) < 4.78 is 24.4. The van der Waals surface area contributed by atoms with Crippen molar-refractivity contribution >= 4 is 13.4 Å². The molecule has 1 aromatic heterocycles. The summed E-state index contributed by atoms with van der Waals surface area (Å²) in [4.78, 5) is 0. The number of aromatic nitrogens is 2. The molecule has 1 aromatic rings. The third-order valence-electron chi connectivity index (χ3n) is 0.986. The van der Waals surface area contributed by atoms with E-state index in [0.717, 1.165) is 4.68 Å². The summed E-state index contributed by atoms with van der Waals surface area (Å²) in [5.41, 5.74) is 0.264. The highest BCUT2D eigenvalue weighted by molar-refractivity contribution is 6.30. The van der Waals surface area contributed by atoms with E-state index >= 15 is 0 Å². The zero-order valence-electron chi connectivity index (χ0n) is 5.17. The van der Waals surface area contributed by atoms with Gasteiger partial charge in [0.05, 0.1) is 0 Å². The van der Waals surface area contributed by atoms with Crippen molar-refractivity contribution in [3.63, 3.8) is 0 Å². The Labute approximate surface area is 58.3 Å². The van der Waals surface area contributed by atoms with Crippen molar-refractivity contribution in [2.45, 2.75) is 13.0 Å². The van der Waals surface area contributed by atoms with Crippen LogP contribution in [-0.2, 0) is 6.54 Å². The Morgan fingerprint density at radius 1 is 1.70 bits per heavy atom. The van der Waals surface area contributed by atoms with Crippen LogP contribution in [-0.4, -0.2) is 24.1 Å². The van der Waals surface area contributed by atoms with Gasteiger partial charge in [-0.2, -0.15) is 5.10 Å². The number of alkyl halides is 2. The molecule has 5 heteroatoms. The minimum atomic E-state index is -2.38. The first-order valence-electron chi connectivity index (χ1n) is 2.75. The second-order valence-corrected chi connectivity index (χ2v) is 1.85. The maximum Gasteiger partial charge on any atom is 0.257 e. The van der Waals surface area contributed by atoms with Gasteiger partial charge >= 0.3 is 0 Å². The number of hydrogen-bond acceptors (Lipinski definition) is 1. The van der Waals surface area contributed by atoms with E-state index in [4.69, 9.17) is 7.85 Å². The number of hydrogen-bond donors (Lipinski definition) is 0. The largest absolute Gasteiger partial charge is 0.268 e. The molecule has 0 N–H and O–H groups in total. The average Bonchev–Trinajstić information content (AvgIpc) is 2.13. The van der Waals surface area contributed by atoms with Gasteiger partial charge in [-0.1, -0.05) is 0 Å². The molecule has 0 aromatic carbocycles. The molecule has 2 radical (unpaired) electrons. The molecular formula is C5H5BF2N2. The Morgan fingerprint density at radius 3 is 2.80 bits per heavy atom. The molecular weight excluding hydrogens is 137 g/mol. The Kier molecular flexibility index (Phi) is 2.04. The van der Waals surface area contributed by atoms with Gasteiger partial charge in [0.1, 0.15) is 14.4 Å². The average molecular weight is 142 g/mol. The molecule has 0 aliphatic rings. The fourth-order valence-electron chi connectivity index (χ4n) is 0.620. The molecule has 0 unspecified atom stereocenters. The van der Waals surface area contributed by atoms with Crippen LogP contribution in [0.15, 0.2) is 12.3 Å². The second-order valence-electron chi connectivity index (χ2n) is 1.85. The highest BCUT2D eigenvalue weighted by Crippen LogP contribution is 1.94. The third kappa shape index (κ3) is 1.82. The Hall–Kier alpha value is -0.865. The van der Waals surface area contributed by atoms with E-state index in [9.17, 15) is 8.78 Å². The van der Waals surface area contributed by atoms with E-state index in [1.807, 2.05) is 0 Å². The monoisotopic (exact) mass is 142 g/mol. The van der Waals surface area contributed by atoms with Gasteiger partial charge in [-0.3, -0.25) is 4.68 Å². The van der Waals surface area contributed by atoms with E-state index in [1.54, 1.807) is 0 Å². The lowest BCUT2D eigenvalue weighted by molar-refractivity contribution is 0.122. The first-order valence-corrected chi connectivity index (χ1v) is 2.75. The number of rotatable bonds is 2. The molecule has 0 saturated heterocycles. The molecule has 0 saturated carbocycles. The molecule has 0 amide bonds. The van der Waals surface area contributed by atoms with Crippen molar-refractivity contribution in [3.8, 4) is 0 Å². The van der Waals surface area contributed by atoms with Crippen molar-refractivity contribution in [1.29, 1.82) is 0 Å². The lowest BCUT2D eigenvalue weighted by Gasteiger charge is -1.97. The van der Waals surface area contributed by atoms with E-state index in [1.165, 1.54) is 12.3 Å². The first kappa shape index (κ1) is 7.24. The first-order chi connectivity index (χ1) is 4.68. The van der Waals surface area contributed by atoms with Crippen LogP contribution in [0.4, 0.5) is 8.78 Å². The van der Waals surface area contributed by atoms with Crippen molar-refractivity contribution in [3.05, 3.63) is 12.3 Å². The van der Waals surface area contributed by atoms with Crippen LogP contribution in [0, 0.1) is 0 Å². The van der Waals surface area contributed by atoms with Crippen LogP contribution < -0.4 is 5.59 Å². The van der Waals surface area contributed by atoms with Gasteiger partial charge in [-0.25, -0.2) is 8.78 Å². The maximum absolute atomic E-state index is 11.6. The molecule has 0 aliphatic carbocycles.